The Kier molecular flexibility index (Phi) is 4.39. The summed E-state index contributed by atoms with van der Waals surface area (Å²) in [5, 5.41) is 5.05. The molecule has 0 saturated heterocycles. The summed E-state index contributed by atoms with van der Waals surface area (Å²) in [5.41, 5.74) is 0.544. The number of nitrogens with one attached hydrogen (secondary N) is 1. The molecule has 1 N–H and O–H groups in total. The van der Waals surface area contributed by atoms with Crippen molar-refractivity contribution in [3.05, 3.63) is 45.9 Å². The summed E-state index contributed by atoms with van der Waals surface area (Å²) in [6.07, 6.45) is 0. The molecule has 5 heteroatoms. The molecule has 1 heterocycles. The second-order valence-electron chi connectivity index (χ2n) is 3.94. The lowest BCUT2D eigenvalue weighted by atomic mass is 10.0. The van der Waals surface area contributed by atoms with Gasteiger partial charge in [-0.05, 0) is 24.6 Å². The molecule has 0 amide bonds. The van der Waals surface area contributed by atoms with Crippen LogP contribution in [0.25, 0.3) is 0 Å². The zero-order valence-corrected chi connectivity index (χ0v) is 11.9. The lowest BCUT2D eigenvalue weighted by Crippen LogP contribution is -2.18. The average molecular weight is 281 g/mol. The van der Waals surface area contributed by atoms with E-state index in [1.807, 2.05) is 11.4 Å². The van der Waals surface area contributed by atoms with Crippen molar-refractivity contribution in [3.8, 4) is 11.5 Å². The van der Waals surface area contributed by atoms with Crippen LogP contribution in [-0.4, -0.2) is 21.3 Å². The molecule has 0 aliphatic rings. The molecule has 0 aliphatic heterocycles. The summed E-state index contributed by atoms with van der Waals surface area (Å²) in [6.45, 7) is 0. The normalized spacial score (nSPS) is 12.2. The van der Waals surface area contributed by atoms with Gasteiger partial charge in [-0.25, -0.2) is 4.39 Å². The van der Waals surface area contributed by atoms with Crippen molar-refractivity contribution in [2.45, 2.75) is 6.04 Å². The number of methoxy groups -OCH3 is 2. The lowest BCUT2D eigenvalue weighted by molar-refractivity contribution is 0.381. The van der Waals surface area contributed by atoms with Crippen LogP contribution in [-0.2, 0) is 0 Å². The quantitative estimate of drug-likeness (QED) is 0.913. The molecule has 0 spiro atoms. The molecular weight excluding hydrogens is 265 g/mol. The summed E-state index contributed by atoms with van der Waals surface area (Å²) >= 11 is 1.53. The van der Waals surface area contributed by atoms with Gasteiger partial charge in [-0.2, -0.15) is 0 Å². The molecule has 102 valence electrons. The van der Waals surface area contributed by atoms with Gasteiger partial charge in [0, 0.05) is 5.56 Å². The minimum absolute atomic E-state index is 0.244. The van der Waals surface area contributed by atoms with Crippen molar-refractivity contribution in [2.24, 2.45) is 0 Å². The van der Waals surface area contributed by atoms with Crippen LogP contribution < -0.4 is 14.8 Å². The number of halogens is 1. The van der Waals surface area contributed by atoms with E-state index in [2.05, 4.69) is 5.32 Å². The Bertz CT molecular complexity index is 556. The zero-order valence-electron chi connectivity index (χ0n) is 11.1. The van der Waals surface area contributed by atoms with Crippen LogP contribution in [0, 0.1) is 5.82 Å². The van der Waals surface area contributed by atoms with Crippen LogP contribution in [0.3, 0.4) is 0 Å². The van der Waals surface area contributed by atoms with E-state index in [0.717, 1.165) is 10.6 Å². The first-order chi connectivity index (χ1) is 9.22. The van der Waals surface area contributed by atoms with Crippen molar-refractivity contribution in [2.75, 3.05) is 21.3 Å². The molecule has 1 atom stereocenters. The van der Waals surface area contributed by atoms with Crippen molar-refractivity contribution in [1.29, 1.82) is 0 Å². The molecule has 1 aromatic heterocycles. The fraction of sp³-hybridized carbons (Fsp3) is 0.286. The number of ether oxygens (including phenoxy) is 2. The highest BCUT2D eigenvalue weighted by Crippen LogP contribution is 2.36. The van der Waals surface area contributed by atoms with Gasteiger partial charge in [0.1, 0.15) is 5.75 Å². The van der Waals surface area contributed by atoms with E-state index in [0.29, 0.717) is 5.56 Å². The van der Waals surface area contributed by atoms with Gasteiger partial charge in [-0.15, -0.1) is 11.3 Å². The van der Waals surface area contributed by atoms with Crippen molar-refractivity contribution >= 4 is 11.3 Å². The molecule has 0 radical (unpaired) electrons. The van der Waals surface area contributed by atoms with Crippen LogP contribution in [0.1, 0.15) is 16.5 Å². The Morgan fingerprint density at radius 2 is 1.89 bits per heavy atom. The lowest BCUT2D eigenvalue weighted by Gasteiger charge is -2.18. The standard InChI is InChI=1S/C14H16FNO2S/c1-16-13(14-11(18-3)7-8-19-14)9-5-4-6-10(17-2)12(9)15/h4-8,13,16H,1-3H3. The summed E-state index contributed by atoms with van der Waals surface area (Å²) in [6, 6.07) is 6.75. The molecule has 19 heavy (non-hydrogen) atoms. The molecule has 0 aliphatic carbocycles. The first-order valence-electron chi connectivity index (χ1n) is 5.84. The summed E-state index contributed by atoms with van der Waals surface area (Å²) in [4.78, 5) is 0.942. The smallest absolute Gasteiger partial charge is 0.170 e. The summed E-state index contributed by atoms with van der Waals surface area (Å²) in [5.74, 6) is 0.652. The first-order valence-corrected chi connectivity index (χ1v) is 6.72. The first kappa shape index (κ1) is 13.8. The number of rotatable bonds is 5. The van der Waals surface area contributed by atoms with Gasteiger partial charge in [-0.3, -0.25) is 0 Å². The third-order valence-electron chi connectivity index (χ3n) is 2.95. The maximum absolute atomic E-state index is 14.3. The monoisotopic (exact) mass is 281 g/mol. The van der Waals surface area contributed by atoms with E-state index in [9.17, 15) is 4.39 Å². The van der Waals surface area contributed by atoms with Crippen LogP contribution in [0.15, 0.2) is 29.6 Å². The molecule has 2 rings (SSSR count). The van der Waals surface area contributed by atoms with E-state index in [1.165, 1.54) is 18.4 Å². The Morgan fingerprint density at radius 1 is 1.16 bits per heavy atom. The van der Waals surface area contributed by atoms with E-state index in [-0.39, 0.29) is 17.6 Å². The Balaban J connectivity index is 2.48. The van der Waals surface area contributed by atoms with Crippen molar-refractivity contribution < 1.29 is 13.9 Å². The van der Waals surface area contributed by atoms with Gasteiger partial charge in [0.2, 0.25) is 0 Å². The molecule has 1 aromatic carbocycles. The number of benzene rings is 1. The predicted octanol–water partition coefficient (Wildman–Crippen LogP) is 3.21. The van der Waals surface area contributed by atoms with E-state index >= 15 is 0 Å². The maximum Gasteiger partial charge on any atom is 0.170 e. The zero-order chi connectivity index (χ0) is 13.8. The Labute approximate surface area is 116 Å². The molecule has 3 nitrogen and oxygen atoms in total. The Morgan fingerprint density at radius 3 is 2.53 bits per heavy atom. The summed E-state index contributed by atoms with van der Waals surface area (Å²) in [7, 11) is 4.87. The third kappa shape index (κ3) is 2.57. The van der Waals surface area contributed by atoms with Gasteiger partial charge < -0.3 is 14.8 Å². The van der Waals surface area contributed by atoms with Crippen molar-refractivity contribution in [3.63, 3.8) is 0 Å². The molecule has 1 unspecified atom stereocenters. The number of hydrogen-bond acceptors (Lipinski definition) is 4. The highest BCUT2D eigenvalue weighted by atomic mass is 32.1. The van der Waals surface area contributed by atoms with E-state index in [1.54, 1.807) is 32.4 Å². The van der Waals surface area contributed by atoms with Crippen LogP contribution in [0.4, 0.5) is 4.39 Å². The van der Waals surface area contributed by atoms with Crippen LogP contribution in [0.5, 0.6) is 11.5 Å². The van der Waals surface area contributed by atoms with Gasteiger partial charge in [0.15, 0.2) is 11.6 Å². The highest BCUT2D eigenvalue weighted by Gasteiger charge is 2.22. The van der Waals surface area contributed by atoms with Gasteiger partial charge in [0.25, 0.3) is 0 Å². The fourth-order valence-electron chi connectivity index (χ4n) is 2.02. The molecule has 2 aromatic rings. The van der Waals surface area contributed by atoms with E-state index in [4.69, 9.17) is 9.47 Å². The number of hydrogen-bond donors (Lipinski definition) is 1. The second-order valence-corrected chi connectivity index (χ2v) is 4.89. The number of thiophene rings is 1. The maximum atomic E-state index is 14.3. The predicted molar refractivity (Wildman–Crippen MR) is 74.7 cm³/mol. The van der Waals surface area contributed by atoms with Crippen LogP contribution in [0.2, 0.25) is 0 Å². The minimum Gasteiger partial charge on any atom is -0.496 e. The molecule has 0 bridgehead atoms. The van der Waals surface area contributed by atoms with Crippen molar-refractivity contribution in [1.82, 2.24) is 5.32 Å². The molecule has 0 saturated carbocycles. The topological polar surface area (TPSA) is 30.5 Å². The van der Waals surface area contributed by atoms with Crippen LogP contribution >= 0.6 is 11.3 Å². The average Bonchev–Trinajstić information content (AvgIpc) is 2.90. The van der Waals surface area contributed by atoms with Gasteiger partial charge in [-0.1, -0.05) is 12.1 Å². The molecule has 0 fully saturated rings. The fourth-order valence-corrected chi connectivity index (χ4v) is 3.01. The summed E-state index contributed by atoms with van der Waals surface area (Å²) < 4.78 is 24.7. The second kappa shape index (κ2) is 6.04. The Hall–Kier alpha value is -1.59. The molecular formula is C14H16FNO2S. The van der Waals surface area contributed by atoms with E-state index < -0.39 is 0 Å². The SMILES string of the molecule is CNC(c1cccc(OC)c1F)c1sccc1OC. The highest BCUT2D eigenvalue weighted by molar-refractivity contribution is 7.10. The van der Waals surface area contributed by atoms with Gasteiger partial charge >= 0.3 is 0 Å². The minimum atomic E-state index is -0.347. The largest absolute Gasteiger partial charge is 0.496 e. The third-order valence-corrected chi connectivity index (χ3v) is 3.92. The van der Waals surface area contributed by atoms with Gasteiger partial charge in [0.05, 0.1) is 25.1 Å².